The number of hydrogen-bond donors (Lipinski definition) is 2. The Morgan fingerprint density at radius 3 is 3.04 bits per heavy atom. The zero-order chi connectivity index (χ0) is 16.2. The molecule has 1 aliphatic heterocycles. The van der Waals surface area contributed by atoms with Crippen LogP contribution in [-0.2, 0) is 13.1 Å². The van der Waals surface area contributed by atoms with Gasteiger partial charge in [-0.2, -0.15) is 4.98 Å². The monoisotopic (exact) mass is 319 g/mol. The van der Waals surface area contributed by atoms with Crippen molar-refractivity contribution in [1.82, 2.24) is 20.0 Å². The SMILES string of the molecule is NCc1nc(CN2CCC(Nc3ccc([N+](=O)[O-])cn3)C2)no1. The Kier molecular flexibility index (Phi) is 4.44. The molecule has 1 unspecified atom stereocenters. The molecule has 3 rings (SSSR count). The number of aromatic nitrogens is 3. The first kappa shape index (κ1) is 15.3. The summed E-state index contributed by atoms with van der Waals surface area (Å²) in [6.45, 7) is 2.56. The predicted octanol–water partition coefficient (Wildman–Crippen LogP) is 0.518. The minimum absolute atomic E-state index is 0.0172. The van der Waals surface area contributed by atoms with E-state index in [4.69, 9.17) is 10.3 Å². The van der Waals surface area contributed by atoms with Crippen LogP contribution in [0.3, 0.4) is 0 Å². The van der Waals surface area contributed by atoms with Crippen molar-refractivity contribution in [2.24, 2.45) is 5.73 Å². The fourth-order valence-corrected chi connectivity index (χ4v) is 2.52. The number of likely N-dealkylation sites (tertiary alicyclic amines) is 1. The summed E-state index contributed by atoms with van der Waals surface area (Å²) >= 11 is 0. The van der Waals surface area contributed by atoms with Crippen LogP contribution in [0.1, 0.15) is 18.1 Å². The maximum absolute atomic E-state index is 10.6. The van der Waals surface area contributed by atoms with Crippen molar-refractivity contribution in [1.29, 1.82) is 0 Å². The standard InChI is InChI=1S/C13H17N7O3/c14-5-13-17-12(18-23-13)8-19-4-3-9(7-19)16-11-2-1-10(6-15-11)20(21)22/h1-2,6,9H,3-5,7-8,14H2,(H,15,16). The zero-order valence-corrected chi connectivity index (χ0v) is 12.4. The third kappa shape index (κ3) is 3.79. The maximum atomic E-state index is 10.6. The predicted molar refractivity (Wildman–Crippen MR) is 80.4 cm³/mol. The molecule has 0 amide bonds. The molecule has 3 N–H and O–H groups in total. The third-order valence-electron chi connectivity index (χ3n) is 3.63. The summed E-state index contributed by atoms with van der Waals surface area (Å²) in [5.74, 6) is 1.69. The van der Waals surface area contributed by atoms with Gasteiger partial charge in [0.1, 0.15) is 12.0 Å². The molecule has 0 bridgehead atoms. The topological polar surface area (TPSA) is 136 Å². The molecule has 0 saturated carbocycles. The van der Waals surface area contributed by atoms with Crippen LogP contribution < -0.4 is 11.1 Å². The fourth-order valence-electron chi connectivity index (χ4n) is 2.52. The lowest BCUT2D eigenvalue weighted by Gasteiger charge is -2.15. The molecule has 2 aromatic heterocycles. The average molecular weight is 319 g/mol. The van der Waals surface area contributed by atoms with Crippen LogP contribution in [0.4, 0.5) is 11.5 Å². The molecule has 1 saturated heterocycles. The highest BCUT2D eigenvalue weighted by atomic mass is 16.6. The Labute approximate surface area is 131 Å². The van der Waals surface area contributed by atoms with Crippen molar-refractivity contribution in [3.63, 3.8) is 0 Å². The molecule has 23 heavy (non-hydrogen) atoms. The Morgan fingerprint density at radius 1 is 1.52 bits per heavy atom. The molecule has 1 aliphatic rings. The van der Waals surface area contributed by atoms with Crippen molar-refractivity contribution in [2.45, 2.75) is 25.6 Å². The number of anilines is 1. The lowest BCUT2D eigenvalue weighted by Crippen LogP contribution is -2.26. The van der Waals surface area contributed by atoms with Crippen LogP contribution in [0.25, 0.3) is 0 Å². The van der Waals surface area contributed by atoms with Gasteiger partial charge in [0, 0.05) is 25.2 Å². The number of pyridine rings is 1. The number of nitrogens with zero attached hydrogens (tertiary/aromatic N) is 5. The lowest BCUT2D eigenvalue weighted by molar-refractivity contribution is -0.385. The highest BCUT2D eigenvalue weighted by molar-refractivity contribution is 5.41. The molecule has 0 aliphatic carbocycles. The molecule has 122 valence electrons. The van der Waals surface area contributed by atoms with Gasteiger partial charge in [0.05, 0.1) is 18.0 Å². The Bertz CT molecular complexity index is 672. The first-order valence-corrected chi connectivity index (χ1v) is 7.25. The molecule has 3 heterocycles. The van der Waals surface area contributed by atoms with Crippen molar-refractivity contribution in [3.8, 4) is 0 Å². The lowest BCUT2D eigenvalue weighted by atomic mass is 10.2. The fraction of sp³-hybridized carbons (Fsp3) is 0.462. The van der Waals surface area contributed by atoms with E-state index < -0.39 is 4.92 Å². The molecule has 0 radical (unpaired) electrons. The molecular formula is C13H17N7O3. The van der Waals surface area contributed by atoms with E-state index in [1.54, 1.807) is 6.07 Å². The van der Waals surface area contributed by atoms with Crippen molar-refractivity contribution < 1.29 is 9.45 Å². The van der Waals surface area contributed by atoms with Crippen molar-refractivity contribution in [2.75, 3.05) is 18.4 Å². The number of nitrogens with one attached hydrogen (secondary N) is 1. The summed E-state index contributed by atoms with van der Waals surface area (Å²) in [6, 6.07) is 3.29. The molecular weight excluding hydrogens is 302 g/mol. The van der Waals surface area contributed by atoms with Gasteiger partial charge in [-0.15, -0.1) is 0 Å². The van der Waals surface area contributed by atoms with Gasteiger partial charge in [-0.05, 0) is 12.5 Å². The van der Waals surface area contributed by atoms with Gasteiger partial charge in [0.2, 0.25) is 5.89 Å². The summed E-state index contributed by atoms with van der Waals surface area (Å²) in [5, 5.41) is 17.8. The van der Waals surface area contributed by atoms with Gasteiger partial charge in [0.15, 0.2) is 5.82 Å². The van der Waals surface area contributed by atoms with Gasteiger partial charge in [-0.1, -0.05) is 5.16 Å². The van der Waals surface area contributed by atoms with Crippen molar-refractivity contribution >= 4 is 11.5 Å². The quantitative estimate of drug-likeness (QED) is 0.576. The van der Waals surface area contributed by atoms with Crippen LogP contribution >= 0.6 is 0 Å². The van der Waals surface area contributed by atoms with E-state index in [2.05, 4.69) is 25.3 Å². The highest BCUT2D eigenvalue weighted by Crippen LogP contribution is 2.18. The molecule has 10 nitrogen and oxygen atoms in total. The molecule has 1 atom stereocenters. The minimum Gasteiger partial charge on any atom is -0.366 e. The van der Waals surface area contributed by atoms with E-state index in [0.29, 0.717) is 24.1 Å². The van der Waals surface area contributed by atoms with Crippen molar-refractivity contribution in [3.05, 3.63) is 40.2 Å². The average Bonchev–Trinajstić information content (AvgIpc) is 3.17. The van der Waals surface area contributed by atoms with Gasteiger partial charge in [0.25, 0.3) is 5.69 Å². The van der Waals surface area contributed by atoms with Gasteiger partial charge in [-0.3, -0.25) is 15.0 Å². The van der Waals surface area contributed by atoms with Crippen LogP contribution in [0.5, 0.6) is 0 Å². The van der Waals surface area contributed by atoms with E-state index in [9.17, 15) is 10.1 Å². The Balaban J connectivity index is 1.52. The first-order chi connectivity index (χ1) is 11.1. The second-order valence-electron chi connectivity index (χ2n) is 5.33. The smallest absolute Gasteiger partial charge is 0.287 e. The number of rotatable bonds is 6. The van der Waals surface area contributed by atoms with Crippen LogP contribution in [0.2, 0.25) is 0 Å². The van der Waals surface area contributed by atoms with Crippen LogP contribution in [0.15, 0.2) is 22.9 Å². The number of nitrogens with two attached hydrogens (primary N) is 1. The Hall–Kier alpha value is -2.59. The zero-order valence-electron chi connectivity index (χ0n) is 12.4. The molecule has 1 fully saturated rings. The van der Waals surface area contributed by atoms with E-state index in [1.807, 2.05) is 0 Å². The number of nitro groups is 1. The molecule has 10 heteroatoms. The maximum Gasteiger partial charge on any atom is 0.287 e. The Morgan fingerprint density at radius 2 is 2.39 bits per heavy atom. The summed E-state index contributed by atoms with van der Waals surface area (Å²) in [6.07, 6.45) is 2.20. The summed E-state index contributed by atoms with van der Waals surface area (Å²) in [5.41, 5.74) is 5.42. The van der Waals surface area contributed by atoms with Gasteiger partial charge in [-0.25, -0.2) is 4.98 Å². The molecule has 2 aromatic rings. The summed E-state index contributed by atoms with van der Waals surface area (Å²) in [7, 11) is 0. The van der Waals surface area contributed by atoms with E-state index in [-0.39, 0.29) is 18.3 Å². The highest BCUT2D eigenvalue weighted by Gasteiger charge is 2.24. The summed E-state index contributed by atoms with van der Waals surface area (Å²) < 4.78 is 4.98. The first-order valence-electron chi connectivity index (χ1n) is 7.25. The van der Waals surface area contributed by atoms with E-state index in [0.717, 1.165) is 19.5 Å². The van der Waals surface area contributed by atoms with Gasteiger partial charge >= 0.3 is 0 Å². The largest absolute Gasteiger partial charge is 0.366 e. The minimum atomic E-state index is -0.464. The normalized spacial score (nSPS) is 18.2. The number of hydrogen-bond acceptors (Lipinski definition) is 9. The molecule has 0 aromatic carbocycles. The summed E-state index contributed by atoms with van der Waals surface area (Å²) in [4.78, 5) is 20.6. The van der Waals surface area contributed by atoms with E-state index in [1.165, 1.54) is 12.3 Å². The second-order valence-corrected chi connectivity index (χ2v) is 5.33. The molecule has 0 spiro atoms. The van der Waals surface area contributed by atoms with Gasteiger partial charge < -0.3 is 15.6 Å². The van der Waals surface area contributed by atoms with Crippen LogP contribution in [0, 0.1) is 10.1 Å². The third-order valence-corrected chi connectivity index (χ3v) is 3.63. The van der Waals surface area contributed by atoms with E-state index >= 15 is 0 Å². The second kappa shape index (κ2) is 6.67. The van der Waals surface area contributed by atoms with Crippen LogP contribution in [-0.4, -0.2) is 44.1 Å².